The highest BCUT2D eigenvalue weighted by atomic mass is 35.5. The average molecular weight is 479 g/mol. The Labute approximate surface area is 192 Å². The Morgan fingerprint density at radius 1 is 0.806 bits per heavy atom. The van der Waals surface area contributed by atoms with Gasteiger partial charge in [0, 0.05) is 33.1 Å². The summed E-state index contributed by atoms with van der Waals surface area (Å²) < 4.78 is 0. The van der Waals surface area contributed by atoms with E-state index in [0.717, 1.165) is 11.8 Å². The average Bonchev–Trinajstić information content (AvgIpc) is 2.64. The molecule has 2 aromatic rings. The van der Waals surface area contributed by atoms with Gasteiger partial charge in [-0.15, -0.1) is 23.2 Å². The van der Waals surface area contributed by atoms with Gasteiger partial charge in [-0.2, -0.15) is 10.5 Å². The summed E-state index contributed by atoms with van der Waals surface area (Å²) in [5.41, 5.74) is -0.630. The van der Waals surface area contributed by atoms with E-state index < -0.39 is 19.6 Å². The normalized spacial score (nSPS) is 11.5. The molecule has 0 amide bonds. The molecule has 0 N–H and O–H groups in total. The molecule has 0 aliphatic rings. The fourth-order valence-corrected chi connectivity index (χ4v) is 5.08. The topological polar surface area (TPSA) is 134 Å². The monoisotopic (exact) mass is 478 g/mol. The number of hydrogen-bond acceptors (Lipinski definition) is 7. The number of alkyl halides is 2. The van der Waals surface area contributed by atoms with Crippen LogP contribution in [0.4, 0.5) is 11.4 Å². The summed E-state index contributed by atoms with van der Waals surface area (Å²) >= 11 is 14.1. The van der Waals surface area contributed by atoms with E-state index in [1.165, 1.54) is 24.3 Å². The van der Waals surface area contributed by atoms with Crippen molar-refractivity contribution in [3.8, 4) is 12.1 Å². The van der Waals surface area contributed by atoms with Gasteiger partial charge in [-0.3, -0.25) is 20.2 Å². The molecule has 8 nitrogen and oxygen atoms in total. The highest BCUT2D eigenvalue weighted by Crippen LogP contribution is 2.47. The number of halogens is 2. The van der Waals surface area contributed by atoms with Gasteiger partial charge in [0.1, 0.15) is 23.3 Å². The quantitative estimate of drug-likeness (QED) is 0.268. The molecule has 0 aromatic heterocycles. The van der Waals surface area contributed by atoms with E-state index in [4.69, 9.17) is 23.2 Å². The van der Waals surface area contributed by atoms with Crippen molar-refractivity contribution < 1.29 is 9.85 Å². The molecule has 0 saturated carbocycles. The Hall–Kier alpha value is -2.85. The minimum atomic E-state index is -1.14. The minimum absolute atomic E-state index is 0.177. The SMILES string of the molecule is CC(C)(Cl)c1c(Sc2ccc([N+](=O)[O-])c(C#N)c2C(C)(C)Cl)ccc([N+](=O)[O-])c1C#N. The first-order chi connectivity index (χ1) is 14.2. The summed E-state index contributed by atoms with van der Waals surface area (Å²) in [6, 6.07) is 9.05. The number of rotatable bonds is 6. The van der Waals surface area contributed by atoms with Gasteiger partial charge >= 0.3 is 0 Å². The molecule has 0 atom stereocenters. The zero-order valence-electron chi connectivity index (χ0n) is 16.9. The number of nitrogens with zero attached hydrogens (tertiary/aromatic N) is 4. The number of nitro benzene ring substituents is 2. The van der Waals surface area contributed by atoms with Crippen molar-refractivity contribution in [2.24, 2.45) is 0 Å². The second-order valence-electron chi connectivity index (χ2n) is 7.45. The molecule has 2 aromatic carbocycles. The van der Waals surface area contributed by atoms with E-state index in [2.05, 4.69) is 0 Å². The van der Waals surface area contributed by atoms with E-state index in [1.807, 2.05) is 12.1 Å². The van der Waals surface area contributed by atoms with Crippen LogP contribution in [0.15, 0.2) is 34.1 Å². The summed E-state index contributed by atoms with van der Waals surface area (Å²) in [4.78, 5) is 20.0. The van der Waals surface area contributed by atoms with Gasteiger partial charge in [0.15, 0.2) is 0 Å². The van der Waals surface area contributed by atoms with Crippen molar-refractivity contribution in [3.63, 3.8) is 0 Å². The highest BCUT2D eigenvalue weighted by Gasteiger charge is 2.34. The summed E-state index contributed by atoms with van der Waals surface area (Å²) in [6.45, 7) is 6.39. The third-order valence-corrected chi connectivity index (χ3v) is 5.81. The van der Waals surface area contributed by atoms with E-state index >= 15 is 0 Å². The lowest BCUT2D eigenvalue weighted by Gasteiger charge is -2.24. The van der Waals surface area contributed by atoms with Crippen LogP contribution in [0.25, 0.3) is 0 Å². The molecule has 0 radical (unpaired) electrons. The van der Waals surface area contributed by atoms with Gasteiger partial charge in [0.2, 0.25) is 0 Å². The largest absolute Gasteiger partial charge is 0.287 e. The second-order valence-corrected chi connectivity index (χ2v) is 10.4. The molecule has 0 saturated heterocycles. The summed E-state index contributed by atoms with van der Waals surface area (Å²) in [5, 5.41) is 42.0. The van der Waals surface area contributed by atoms with Crippen LogP contribution < -0.4 is 0 Å². The van der Waals surface area contributed by atoms with Crippen LogP contribution in [0.5, 0.6) is 0 Å². The molecule has 160 valence electrons. The van der Waals surface area contributed by atoms with Crippen LogP contribution >= 0.6 is 35.0 Å². The highest BCUT2D eigenvalue weighted by molar-refractivity contribution is 7.99. The predicted octanol–water partition coefficient (Wildman–Crippen LogP) is 6.35. The van der Waals surface area contributed by atoms with Gasteiger partial charge in [-0.25, -0.2) is 0 Å². The van der Waals surface area contributed by atoms with E-state index in [9.17, 15) is 30.8 Å². The van der Waals surface area contributed by atoms with Gasteiger partial charge < -0.3 is 0 Å². The predicted molar refractivity (Wildman–Crippen MR) is 118 cm³/mol. The molecule has 0 bridgehead atoms. The lowest BCUT2D eigenvalue weighted by Crippen LogP contribution is -2.15. The molecule has 0 fully saturated rings. The maximum absolute atomic E-state index is 11.4. The second kappa shape index (κ2) is 8.72. The fourth-order valence-electron chi connectivity index (χ4n) is 3.14. The van der Waals surface area contributed by atoms with Crippen LogP contribution in [-0.4, -0.2) is 9.85 Å². The van der Waals surface area contributed by atoms with Gasteiger partial charge in [0.25, 0.3) is 11.4 Å². The van der Waals surface area contributed by atoms with E-state index in [0.29, 0.717) is 9.79 Å². The molecule has 0 aliphatic carbocycles. The van der Waals surface area contributed by atoms with Crippen molar-refractivity contribution in [2.75, 3.05) is 0 Å². The lowest BCUT2D eigenvalue weighted by molar-refractivity contribution is -0.385. The Kier molecular flexibility index (Phi) is 6.87. The number of hydrogen-bond donors (Lipinski definition) is 0. The molecule has 31 heavy (non-hydrogen) atoms. The first kappa shape index (κ1) is 24.4. The summed E-state index contributed by atoms with van der Waals surface area (Å²) in [7, 11) is 0. The maximum atomic E-state index is 11.4. The van der Waals surface area contributed by atoms with Crippen LogP contribution in [0, 0.1) is 42.9 Å². The maximum Gasteiger partial charge on any atom is 0.287 e. The first-order valence-corrected chi connectivity index (χ1v) is 10.3. The van der Waals surface area contributed by atoms with Gasteiger partial charge in [-0.1, -0.05) is 11.8 Å². The van der Waals surface area contributed by atoms with Gasteiger partial charge in [-0.05, 0) is 39.8 Å². The Bertz CT molecular complexity index is 1080. The summed E-state index contributed by atoms with van der Waals surface area (Å²) in [5.74, 6) is 0. The van der Waals surface area contributed by atoms with E-state index in [1.54, 1.807) is 27.7 Å². The first-order valence-electron chi connectivity index (χ1n) is 8.73. The summed E-state index contributed by atoms with van der Waals surface area (Å²) in [6.07, 6.45) is 0. The minimum Gasteiger partial charge on any atom is -0.258 e. The number of nitro groups is 2. The van der Waals surface area contributed by atoms with Crippen molar-refractivity contribution in [3.05, 3.63) is 66.7 Å². The van der Waals surface area contributed by atoms with Crippen molar-refractivity contribution >= 4 is 46.3 Å². The zero-order chi connectivity index (χ0) is 23.7. The lowest BCUT2D eigenvalue weighted by atomic mass is 9.95. The van der Waals surface area contributed by atoms with Crippen LogP contribution in [0.3, 0.4) is 0 Å². The Balaban J connectivity index is 2.87. The molecule has 0 aliphatic heterocycles. The third-order valence-electron chi connectivity index (χ3n) is 4.32. The molecule has 0 spiro atoms. The van der Waals surface area contributed by atoms with Crippen molar-refractivity contribution in [1.29, 1.82) is 10.5 Å². The zero-order valence-corrected chi connectivity index (χ0v) is 19.2. The van der Waals surface area contributed by atoms with Crippen LogP contribution in [-0.2, 0) is 9.75 Å². The Morgan fingerprint density at radius 3 is 1.35 bits per heavy atom. The number of benzene rings is 2. The molecular formula is C20H16Cl2N4O4S. The van der Waals surface area contributed by atoms with E-state index in [-0.39, 0.29) is 33.6 Å². The molecule has 2 rings (SSSR count). The molecule has 0 heterocycles. The van der Waals surface area contributed by atoms with Crippen LogP contribution in [0.2, 0.25) is 0 Å². The smallest absolute Gasteiger partial charge is 0.258 e. The van der Waals surface area contributed by atoms with Crippen LogP contribution in [0.1, 0.15) is 49.9 Å². The fraction of sp³-hybridized carbons (Fsp3) is 0.300. The van der Waals surface area contributed by atoms with Crippen molar-refractivity contribution in [2.45, 2.75) is 47.2 Å². The van der Waals surface area contributed by atoms with Gasteiger partial charge in [0.05, 0.1) is 19.6 Å². The molecule has 0 unspecified atom stereocenters. The molecular weight excluding hydrogens is 463 g/mol. The Morgan fingerprint density at radius 2 is 1.13 bits per heavy atom. The standard InChI is InChI=1S/C20H16Cl2N4O4S/c1-19(2,21)17-11(9-23)13(25(27)28)5-7-15(17)31-16-8-6-14(26(29)30)12(10-24)18(16)20(3,4)22/h5-8H,1-4H3. The van der Waals surface area contributed by atoms with Crippen molar-refractivity contribution in [1.82, 2.24) is 0 Å². The molecule has 11 heteroatoms. The third kappa shape index (κ3) is 4.91. The number of nitriles is 2.